The van der Waals surface area contributed by atoms with E-state index in [4.69, 9.17) is 0 Å². The first-order chi connectivity index (χ1) is 13.8. The molecule has 0 radical (unpaired) electrons. The van der Waals surface area contributed by atoms with Crippen LogP contribution in [0.25, 0.3) is 0 Å². The maximum Gasteiger partial charge on any atom is 0.224 e. The van der Waals surface area contributed by atoms with Crippen LogP contribution >= 0.6 is 0 Å². The third-order valence-corrected chi connectivity index (χ3v) is 4.88. The third kappa shape index (κ3) is 4.76. The summed E-state index contributed by atoms with van der Waals surface area (Å²) in [5.74, 6) is 1.10. The van der Waals surface area contributed by atoms with Crippen molar-refractivity contribution in [2.75, 3.05) is 35.2 Å². The quantitative estimate of drug-likeness (QED) is 0.630. The molecule has 1 fully saturated rings. The number of anilines is 4. The molecule has 0 bridgehead atoms. The van der Waals surface area contributed by atoms with E-state index in [2.05, 4.69) is 49.8 Å². The van der Waals surface area contributed by atoms with Gasteiger partial charge in [0.1, 0.15) is 11.6 Å². The van der Waals surface area contributed by atoms with Gasteiger partial charge in [0.25, 0.3) is 0 Å². The van der Waals surface area contributed by atoms with Gasteiger partial charge in [0, 0.05) is 37.2 Å². The van der Waals surface area contributed by atoms with Gasteiger partial charge in [-0.2, -0.15) is 4.98 Å². The maximum atomic E-state index is 13.0. The van der Waals surface area contributed by atoms with Crippen molar-refractivity contribution >= 4 is 23.1 Å². The molecule has 0 aliphatic carbocycles. The van der Waals surface area contributed by atoms with Gasteiger partial charge < -0.3 is 15.5 Å². The van der Waals surface area contributed by atoms with Crippen LogP contribution in [0.2, 0.25) is 0 Å². The molecule has 4 rings (SSSR count). The first-order valence-electron chi connectivity index (χ1n) is 9.70. The number of aromatic nitrogens is 2. The molecule has 1 aliphatic rings. The Bertz CT molecular complexity index is 890. The molecule has 2 aromatic carbocycles. The monoisotopic (exact) mass is 377 g/mol. The molecule has 0 unspecified atom stereocenters. The third-order valence-electron chi connectivity index (χ3n) is 4.88. The van der Waals surface area contributed by atoms with Gasteiger partial charge in [-0.05, 0) is 67.3 Å². The molecular formula is C22H24FN5. The van der Waals surface area contributed by atoms with Crippen molar-refractivity contribution in [3.05, 3.63) is 72.2 Å². The topological polar surface area (TPSA) is 53.1 Å². The fraction of sp³-hybridized carbons (Fsp3) is 0.273. The Morgan fingerprint density at radius 1 is 0.929 bits per heavy atom. The second-order valence-electron chi connectivity index (χ2n) is 6.93. The Balaban J connectivity index is 1.32. The van der Waals surface area contributed by atoms with E-state index in [1.165, 1.54) is 30.7 Å². The number of hydrogen-bond acceptors (Lipinski definition) is 5. The van der Waals surface area contributed by atoms with Gasteiger partial charge in [-0.15, -0.1) is 0 Å². The first kappa shape index (κ1) is 18.2. The zero-order valence-corrected chi connectivity index (χ0v) is 15.7. The molecule has 0 saturated carbocycles. The first-order valence-corrected chi connectivity index (χ1v) is 9.70. The summed E-state index contributed by atoms with van der Waals surface area (Å²) in [6.07, 6.45) is 5.06. The lowest BCUT2D eigenvalue weighted by atomic mass is 10.1. The summed E-state index contributed by atoms with van der Waals surface area (Å²) in [6.45, 7) is 2.97. The molecule has 0 atom stereocenters. The van der Waals surface area contributed by atoms with Crippen LogP contribution in [0.3, 0.4) is 0 Å². The van der Waals surface area contributed by atoms with E-state index in [-0.39, 0.29) is 5.82 Å². The van der Waals surface area contributed by atoms with Crippen molar-refractivity contribution in [3.63, 3.8) is 0 Å². The molecule has 6 heteroatoms. The molecule has 2 heterocycles. The maximum absolute atomic E-state index is 13.0. The minimum absolute atomic E-state index is 0.215. The highest BCUT2D eigenvalue weighted by atomic mass is 19.1. The van der Waals surface area contributed by atoms with Crippen LogP contribution in [0.1, 0.15) is 18.4 Å². The lowest BCUT2D eigenvalue weighted by Gasteiger charge is -2.18. The summed E-state index contributed by atoms with van der Waals surface area (Å²) in [6, 6.07) is 16.8. The Labute approximate surface area is 164 Å². The van der Waals surface area contributed by atoms with E-state index in [9.17, 15) is 4.39 Å². The fourth-order valence-electron chi connectivity index (χ4n) is 3.36. The molecule has 28 heavy (non-hydrogen) atoms. The predicted molar refractivity (Wildman–Crippen MR) is 112 cm³/mol. The van der Waals surface area contributed by atoms with E-state index in [0.717, 1.165) is 36.6 Å². The number of halogens is 1. The van der Waals surface area contributed by atoms with Gasteiger partial charge >= 0.3 is 0 Å². The molecule has 3 aromatic rings. The summed E-state index contributed by atoms with van der Waals surface area (Å²) in [4.78, 5) is 11.2. The van der Waals surface area contributed by atoms with Crippen molar-refractivity contribution in [1.82, 2.24) is 9.97 Å². The Hall–Kier alpha value is -3.15. The van der Waals surface area contributed by atoms with Crippen LogP contribution in [0.5, 0.6) is 0 Å². The average molecular weight is 377 g/mol. The smallest absolute Gasteiger partial charge is 0.224 e. The molecule has 1 aromatic heterocycles. The Morgan fingerprint density at radius 2 is 1.68 bits per heavy atom. The second-order valence-corrected chi connectivity index (χ2v) is 6.93. The van der Waals surface area contributed by atoms with E-state index in [1.807, 2.05) is 6.07 Å². The van der Waals surface area contributed by atoms with Gasteiger partial charge in [-0.3, -0.25) is 0 Å². The summed E-state index contributed by atoms with van der Waals surface area (Å²) in [5.41, 5.74) is 3.34. The largest absolute Gasteiger partial charge is 0.372 e. The number of hydrogen-bond donors (Lipinski definition) is 2. The van der Waals surface area contributed by atoms with Crippen molar-refractivity contribution in [3.8, 4) is 0 Å². The minimum Gasteiger partial charge on any atom is -0.372 e. The lowest BCUT2D eigenvalue weighted by Crippen LogP contribution is -2.17. The predicted octanol–water partition coefficient (Wildman–Crippen LogP) is 4.61. The highest BCUT2D eigenvalue weighted by Crippen LogP contribution is 2.23. The summed E-state index contributed by atoms with van der Waals surface area (Å²) in [5, 5.41) is 6.54. The van der Waals surface area contributed by atoms with Gasteiger partial charge in [-0.25, -0.2) is 9.37 Å². The minimum atomic E-state index is -0.215. The average Bonchev–Trinajstić information content (AvgIpc) is 3.25. The van der Waals surface area contributed by atoms with Crippen LogP contribution in [0, 0.1) is 5.82 Å². The SMILES string of the molecule is Fc1ccc(CCNc2nccc(Nc3ccc(N4CCCC4)cc3)n2)cc1. The number of rotatable bonds is 7. The number of nitrogens with zero attached hydrogens (tertiary/aromatic N) is 3. The molecule has 5 nitrogen and oxygen atoms in total. The zero-order valence-electron chi connectivity index (χ0n) is 15.7. The van der Waals surface area contributed by atoms with Gasteiger partial charge in [0.05, 0.1) is 0 Å². The highest BCUT2D eigenvalue weighted by Gasteiger charge is 2.11. The van der Waals surface area contributed by atoms with E-state index < -0.39 is 0 Å². The highest BCUT2D eigenvalue weighted by molar-refractivity contribution is 5.61. The molecule has 144 valence electrons. The standard InChI is InChI=1S/C22H24FN5/c23-18-5-3-17(4-6-18)11-13-24-22-25-14-12-21(27-22)26-19-7-9-20(10-8-19)28-15-1-2-16-28/h3-10,12,14H,1-2,11,13,15-16H2,(H2,24,25,26,27). The Morgan fingerprint density at radius 3 is 2.43 bits per heavy atom. The lowest BCUT2D eigenvalue weighted by molar-refractivity contribution is 0.627. The number of nitrogens with one attached hydrogen (secondary N) is 2. The van der Waals surface area contributed by atoms with E-state index >= 15 is 0 Å². The normalized spacial score (nSPS) is 13.5. The van der Waals surface area contributed by atoms with Crippen molar-refractivity contribution < 1.29 is 4.39 Å². The van der Waals surface area contributed by atoms with Gasteiger partial charge in [0.15, 0.2) is 0 Å². The van der Waals surface area contributed by atoms with Crippen LogP contribution in [0.15, 0.2) is 60.8 Å². The fourth-order valence-corrected chi connectivity index (χ4v) is 3.36. The molecule has 2 N–H and O–H groups in total. The van der Waals surface area contributed by atoms with Gasteiger partial charge in [-0.1, -0.05) is 12.1 Å². The van der Waals surface area contributed by atoms with E-state index in [0.29, 0.717) is 12.5 Å². The summed E-state index contributed by atoms with van der Waals surface area (Å²) < 4.78 is 13.0. The number of benzene rings is 2. The van der Waals surface area contributed by atoms with Crippen molar-refractivity contribution in [1.29, 1.82) is 0 Å². The van der Waals surface area contributed by atoms with Crippen molar-refractivity contribution in [2.45, 2.75) is 19.3 Å². The molecule has 0 spiro atoms. The molecule has 1 aliphatic heterocycles. The Kier molecular flexibility index (Phi) is 5.66. The van der Waals surface area contributed by atoms with E-state index in [1.54, 1.807) is 18.3 Å². The molecule has 0 amide bonds. The molecular weight excluding hydrogens is 353 g/mol. The molecule has 1 saturated heterocycles. The zero-order chi connectivity index (χ0) is 19.2. The van der Waals surface area contributed by atoms with Crippen LogP contribution < -0.4 is 15.5 Å². The second kappa shape index (κ2) is 8.69. The van der Waals surface area contributed by atoms with Crippen LogP contribution in [0.4, 0.5) is 27.5 Å². The van der Waals surface area contributed by atoms with Crippen molar-refractivity contribution in [2.24, 2.45) is 0 Å². The summed E-state index contributed by atoms with van der Waals surface area (Å²) in [7, 11) is 0. The van der Waals surface area contributed by atoms with Gasteiger partial charge in [0.2, 0.25) is 5.95 Å². The van der Waals surface area contributed by atoms with Crippen LogP contribution in [-0.4, -0.2) is 29.6 Å². The summed E-state index contributed by atoms with van der Waals surface area (Å²) >= 11 is 0. The van der Waals surface area contributed by atoms with Crippen LogP contribution in [-0.2, 0) is 6.42 Å².